The summed E-state index contributed by atoms with van der Waals surface area (Å²) < 4.78 is 0. The van der Waals surface area contributed by atoms with Crippen molar-refractivity contribution >= 4 is 17.7 Å². The van der Waals surface area contributed by atoms with Crippen LogP contribution in [0.3, 0.4) is 0 Å². The highest BCUT2D eigenvalue weighted by molar-refractivity contribution is 8.00. The van der Waals surface area contributed by atoms with Crippen molar-refractivity contribution in [3.8, 4) is 0 Å². The van der Waals surface area contributed by atoms with Gasteiger partial charge in [-0.05, 0) is 46.0 Å². The third-order valence-electron chi connectivity index (χ3n) is 3.76. The van der Waals surface area contributed by atoms with E-state index in [9.17, 15) is 4.79 Å². The smallest absolute Gasteiger partial charge is 0.235 e. The Balaban J connectivity index is 1.89. The molecule has 1 aromatic rings. The molecule has 0 aromatic carbocycles. The minimum Gasteiger partial charge on any atom is -0.342 e. The molecule has 1 atom stereocenters. The number of carbonyl (C=O) groups is 1. The number of thioether (sulfide) groups is 1. The Kier molecular flexibility index (Phi) is 5.37. The Morgan fingerprint density at radius 2 is 2.00 bits per heavy atom. The number of rotatable bonds is 4. The fourth-order valence-electron chi connectivity index (χ4n) is 2.40. The van der Waals surface area contributed by atoms with Crippen LogP contribution in [0.2, 0.25) is 0 Å². The zero-order valence-electron chi connectivity index (χ0n) is 12.3. The summed E-state index contributed by atoms with van der Waals surface area (Å²) in [7, 11) is 4.05. The second-order valence-corrected chi connectivity index (χ2v) is 6.58. The first kappa shape index (κ1) is 15.3. The number of carbonyl (C=O) groups excluding carboxylic acids is 1. The van der Waals surface area contributed by atoms with Crippen molar-refractivity contribution in [2.45, 2.75) is 36.2 Å². The van der Waals surface area contributed by atoms with Gasteiger partial charge in [0.1, 0.15) is 0 Å². The molecule has 2 rings (SSSR count). The largest absolute Gasteiger partial charge is 0.342 e. The summed E-state index contributed by atoms with van der Waals surface area (Å²) in [5.41, 5.74) is 0. The van der Waals surface area contributed by atoms with Crippen LogP contribution in [0.15, 0.2) is 23.6 Å². The van der Waals surface area contributed by atoms with Gasteiger partial charge in [0, 0.05) is 25.5 Å². The first-order chi connectivity index (χ1) is 9.58. The van der Waals surface area contributed by atoms with Gasteiger partial charge in [0.2, 0.25) is 5.91 Å². The molecule has 20 heavy (non-hydrogen) atoms. The van der Waals surface area contributed by atoms with E-state index >= 15 is 0 Å². The highest BCUT2D eigenvalue weighted by Gasteiger charge is 2.27. The number of piperidine rings is 1. The molecule has 0 saturated carbocycles. The molecular formula is C14H22N4OS. The molecule has 1 aromatic heterocycles. The average Bonchev–Trinajstić information content (AvgIpc) is 2.47. The van der Waals surface area contributed by atoms with Crippen LogP contribution in [0, 0.1) is 0 Å². The first-order valence-electron chi connectivity index (χ1n) is 6.97. The van der Waals surface area contributed by atoms with Crippen molar-refractivity contribution < 1.29 is 4.79 Å². The number of nitrogens with zero attached hydrogens (tertiary/aromatic N) is 4. The third kappa shape index (κ3) is 3.93. The van der Waals surface area contributed by atoms with E-state index in [4.69, 9.17) is 0 Å². The monoisotopic (exact) mass is 294 g/mol. The highest BCUT2D eigenvalue weighted by atomic mass is 32.2. The fourth-order valence-corrected chi connectivity index (χ4v) is 3.23. The molecule has 0 radical (unpaired) electrons. The molecule has 1 unspecified atom stereocenters. The van der Waals surface area contributed by atoms with Crippen LogP contribution in [-0.4, -0.2) is 64.2 Å². The first-order valence-corrected chi connectivity index (χ1v) is 7.85. The molecule has 0 bridgehead atoms. The lowest BCUT2D eigenvalue weighted by Crippen LogP contribution is -2.46. The Hall–Kier alpha value is -1.14. The Morgan fingerprint density at radius 1 is 1.40 bits per heavy atom. The second kappa shape index (κ2) is 7.04. The summed E-state index contributed by atoms with van der Waals surface area (Å²) in [4.78, 5) is 25.0. The summed E-state index contributed by atoms with van der Waals surface area (Å²) in [6.07, 6.45) is 5.51. The molecule has 0 N–H and O–H groups in total. The predicted molar refractivity (Wildman–Crippen MR) is 80.6 cm³/mol. The quantitative estimate of drug-likeness (QED) is 0.622. The van der Waals surface area contributed by atoms with E-state index in [0.29, 0.717) is 11.2 Å². The van der Waals surface area contributed by atoms with Crippen LogP contribution in [0.1, 0.15) is 19.8 Å². The minimum atomic E-state index is -0.151. The van der Waals surface area contributed by atoms with Gasteiger partial charge >= 0.3 is 0 Å². The Labute approximate surface area is 124 Å². The molecule has 6 heteroatoms. The van der Waals surface area contributed by atoms with Gasteiger partial charge < -0.3 is 9.80 Å². The van der Waals surface area contributed by atoms with Crippen molar-refractivity contribution in [3.63, 3.8) is 0 Å². The zero-order chi connectivity index (χ0) is 14.5. The summed E-state index contributed by atoms with van der Waals surface area (Å²) in [5.74, 6) is 0.164. The van der Waals surface area contributed by atoms with Gasteiger partial charge in [0.05, 0.1) is 5.25 Å². The van der Waals surface area contributed by atoms with E-state index in [1.54, 1.807) is 18.5 Å². The summed E-state index contributed by atoms with van der Waals surface area (Å²) in [6.45, 7) is 4.05. The minimum absolute atomic E-state index is 0.151. The van der Waals surface area contributed by atoms with Crippen LogP contribution < -0.4 is 0 Å². The van der Waals surface area contributed by atoms with Gasteiger partial charge in [-0.15, -0.1) is 0 Å². The molecule has 1 amide bonds. The lowest BCUT2D eigenvalue weighted by Gasteiger charge is -2.36. The molecular weight excluding hydrogens is 272 g/mol. The molecule has 0 spiro atoms. The van der Waals surface area contributed by atoms with E-state index in [1.807, 2.05) is 18.9 Å². The lowest BCUT2D eigenvalue weighted by molar-refractivity contribution is -0.131. The molecule has 110 valence electrons. The van der Waals surface area contributed by atoms with Gasteiger partial charge in [-0.2, -0.15) is 0 Å². The van der Waals surface area contributed by atoms with Crippen molar-refractivity contribution in [3.05, 3.63) is 18.5 Å². The number of likely N-dealkylation sites (tertiary alicyclic amines) is 1. The average molecular weight is 294 g/mol. The maximum Gasteiger partial charge on any atom is 0.235 e. The highest BCUT2D eigenvalue weighted by Crippen LogP contribution is 2.22. The van der Waals surface area contributed by atoms with Gasteiger partial charge in [-0.1, -0.05) is 11.8 Å². The number of hydrogen-bond acceptors (Lipinski definition) is 5. The third-order valence-corrected chi connectivity index (χ3v) is 4.73. The normalized spacial score (nSPS) is 18.8. The molecule has 2 heterocycles. The van der Waals surface area contributed by atoms with E-state index in [0.717, 1.165) is 25.9 Å². The zero-order valence-corrected chi connectivity index (χ0v) is 13.1. The van der Waals surface area contributed by atoms with E-state index in [1.165, 1.54) is 11.8 Å². The number of aromatic nitrogens is 2. The molecule has 1 aliphatic rings. The SMILES string of the molecule is CC(Sc1ncccn1)C(=O)N(C)C1CCN(C)CC1. The standard InChI is InChI=1S/C14H22N4OS/c1-11(20-14-15-7-4-8-16-14)13(19)18(3)12-5-9-17(2)10-6-12/h4,7-8,11-12H,5-6,9-10H2,1-3H3. The molecule has 0 aliphatic carbocycles. The van der Waals surface area contributed by atoms with Gasteiger partial charge in [0.15, 0.2) is 5.16 Å². The summed E-state index contributed by atoms with van der Waals surface area (Å²) in [6, 6.07) is 2.14. The van der Waals surface area contributed by atoms with Crippen molar-refractivity contribution in [2.24, 2.45) is 0 Å². The topological polar surface area (TPSA) is 49.3 Å². The van der Waals surface area contributed by atoms with Gasteiger partial charge in [-0.3, -0.25) is 4.79 Å². The van der Waals surface area contributed by atoms with Crippen LogP contribution in [0.25, 0.3) is 0 Å². The van der Waals surface area contributed by atoms with E-state index in [2.05, 4.69) is 21.9 Å². The molecule has 1 fully saturated rings. The van der Waals surface area contributed by atoms with Gasteiger partial charge in [0.25, 0.3) is 0 Å². The van der Waals surface area contributed by atoms with E-state index in [-0.39, 0.29) is 11.2 Å². The molecule has 1 saturated heterocycles. The number of hydrogen-bond donors (Lipinski definition) is 0. The lowest BCUT2D eigenvalue weighted by atomic mass is 10.0. The van der Waals surface area contributed by atoms with Crippen molar-refractivity contribution in [2.75, 3.05) is 27.2 Å². The van der Waals surface area contributed by atoms with Crippen LogP contribution in [0.5, 0.6) is 0 Å². The van der Waals surface area contributed by atoms with Crippen molar-refractivity contribution in [1.82, 2.24) is 19.8 Å². The maximum atomic E-state index is 12.5. The Morgan fingerprint density at radius 3 is 2.60 bits per heavy atom. The van der Waals surface area contributed by atoms with Crippen LogP contribution in [0.4, 0.5) is 0 Å². The summed E-state index contributed by atoms with van der Waals surface area (Å²) >= 11 is 1.42. The predicted octanol–water partition coefficient (Wildman–Crippen LogP) is 1.51. The van der Waals surface area contributed by atoms with Gasteiger partial charge in [-0.25, -0.2) is 9.97 Å². The fraction of sp³-hybridized carbons (Fsp3) is 0.643. The second-order valence-electron chi connectivity index (χ2n) is 5.28. The van der Waals surface area contributed by atoms with Crippen LogP contribution >= 0.6 is 11.8 Å². The van der Waals surface area contributed by atoms with E-state index < -0.39 is 0 Å². The summed E-state index contributed by atoms with van der Waals surface area (Å²) in [5, 5.41) is 0.507. The Bertz CT molecular complexity index is 434. The van der Waals surface area contributed by atoms with Crippen molar-refractivity contribution in [1.29, 1.82) is 0 Å². The van der Waals surface area contributed by atoms with Crippen LogP contribution in [-0.2, 0) is 4.79 Å². The molecule has 5 nitrogen and oxygen atoms in total. The maximum absolute atomic E-state index is 12.5. The molecule has 1 aliphatic heterocycles. The number of amides is 1.